The smallest absolute Gasteiger partial charge is 0.293 e. The van der Waals surface area contributed by atoms with Crippen molar-refractivity contribution in [2.75, 3.05) is 54.0 Å². The summed E-state index contributed by atoms with van der Waals surface area (Å²) >= 11 is 0. The SMILES string of the molecule is C=CC(=O)N1CC(C(=O)N(C)C(C(=O)NC(C=O)Cc2cccc(-c3ccc4c(c3)c(CC(C)(C)COC=O)c(-c3cccnc3C(C)OC)n4CC)c2)C(C)C)C1.CN1CCCCN1. The fourth-order valence-electron chi connectivity index (χ4n) is 8.91. The molecule has 3 amide bonds. The Morgan fingerprint density at radius 2 is 1.78 bits per heavy atom. The molecule has 4 heterocycles. The van der Waals surface area contributed by atoms with E-state index in [0.717, 1.165) is 62.9 Å². The number of hydrogen-bond acceptors (Lipinski definition) is 10. The molecule has 65 heavy (non-hydrogen) atoms. The molecule has 2 aliphatic rings. The van der Waals surface area contributed by atoms with Crippen molar-refractivity contribution in [3.63, 3.8) is 0 Å². The second kappa shape index (κ2) is 23.0. The van der Waals surface area contributed by atoms with Gasteiger partial charge in [0.2, 0.25) is 17.7 Å². The molecule has 2 aromatic carbocycles. The average molecular weight is 892 g/mol. The van der Waals surface area contributed by atoms with Crippen molar-refractivity contribution < 1.29 is 33.4 Å². The van der Waals surface area contributed by atoms with E-state index in [4.69, 9.17) is 14.5 Å². The Labute approximate surface area is 384 Å². The molecule has 350 valence electrons. The van der Waals surface area contributed by atoms with E-state index in [1.54, 1.807) is 20.4 Å². The van der Waals surface area contributed by atoms with E-state index in [1.807, 2.05) is 51.1 Å². The minimum Gasteiger partial charge on any atom is -0.467 e. The van der Waals surface area contributed by atoms with Crippen LogP contribution in [0, 0.1) is 17.3 Å². The molecule has 4 aromatic rings. The highest BCUT2D eigenvalue weighted by molar-refractivity contribution is 5.96. The van der Waals surface area contributed by atoms with E-state index >= 15 is 0 Å². The topological polar surface area (TPSA) is 155 Å². The van der Waals surface area contributed by atoms with Gasteiger partial charge in [0.25, 0.3) is 6.47 Å². The number of pyridine rings is 1. The predicted octanol–water partition coefficient (Wildman–Crippen LogP) is 6.41. The summed E-state index contributed by atoms with van der Waals surface area (Å²) in [4.78, 5) is 70.3. The maximum absolute atomic E-state index is 13.7. The summed E-state index contributed by atoms with van der Waals surface area (Å²) < 4.78 is 13.3. The monoisotopic (exact) mass is 892 g/mol. The fraction of sp³-hybridized carbons (Fsp3) is 0.490. The lowest BCUT2D eigenvalue weighted by molar-refractivity contribution is -0.151. The normalized spacial score (nSPS) is 15.8. The third-order valence-corrected chi connectivity index (χ3v) is 12.4. The van der Waals surface area contributed by atoms with Gasteiger partial charge >= 0.3 is 0 Å². The molecule has 14 nitrogen and oxygen atoms in total. The number of nitrogens with zero attached hydrogens (tertiary/aromatic N) is 5. The van der Waals surface area contributed by atoms with Gasteiger partial charge in [0.1, 0.15) is 12.3 Å². The lowest BCUT2D eigenvalue weighted by Crippen LogP contribution is -2.60. The highest BCUT2D eigenvalue weighted by Crippen LogP contribution is 2.42. The molecule has 6 rings (SSSR count). The average Bonchev–Trinajstić information content (AvgIpc) is 3.58. The van der Waals surface area contributed by atoms with Gasteiger partial charge in [-0.1, -0.05) is 64.6 Å². The first kappa shape index (κ1) is 50.3. The van der Waals surface area contributed by atoms with Crippen LogP contribution in [0.1, 0.15) is 77.3 Å². The third-order valence-electron chi connectivity index (χ3n) is 12.4. The first-order valence-electron chi connectivity index (χ1n) is 22.7. The molecule has 0 radical (unpaired) electrons. The number of likely N-dealkylation sites (tertiary alicyclic amines) is 1. The zero-order chi connectivity index (χ0) is 47.4. The van der Waals surface area contributed by atoms with Crippen molar-refractivity contribution >= 4 is 41.4 Å². The molecule has 3 unspecified atom stereocenters. The van der Waals surface area contributed by atoms with Gasteiger partial charge in [-0.15, -0.1) is 0 Å². The van der Waals surface area contributed by atoms with E-state index in [0.29, 0.717) is 19.4 Å². The number of aryl methyl sites for hydroxylation is 1. The standard InChI is InChI=1S/C46H57N5O7.C5H12N2/c1-10-40(54)50-24-34(25-50)45(56)49(8)42(29(3)4)44(55)48-35(26-52)21-31-14-12-15-32(20-31)33-17-18-39-37(22-33)38(23-46(6,7)27-58-28-53)43(51(39)11-2)36-16-13-19-47-41(36)30(5)57-9;1-7-5-3-2-4-6-7/h10,12-20,22,26,28-30,34-35,42H,1,11,21,23-25,27H2,2-9H3,(H,48,55);6H,2-5H2,1H3. The number of benzene rings is 2. The number of carbonyl (C=O) groups is 5. The van der Waals surface area contributed by atoms with Crippen molar-refractivity contribution in [2.24, 2.45) is 17.3 Å². The quantitative estimate of drug-likeness (QED) is 0.0798. The summed E-state index contributed by atoms with van der Waals surface area (Å²) in [6.07, 6.45) is 7.05. The minimum atomic E-state index is -0.828. The van der Waals surface area contributed by atoms with Gasteiger partial charge in [0.05, 0.1) is 36.1 Å². The molecule has 2 aromatic heterocycles. The molecular weight excluding hydrogens is 823 g/mol. The number of ether oxygens (including phenoxy) is 2. The summed E-state index contributed by atoms with van der Waals surface area (Å²) in [5, 5.41) is 6.10. The number of likely N-dealkylation sites (N-methyl/N-ethyl adjacent to an activating group) is 1. The Morgan fingerprint density at radius 3 is 2.38 bits per heavy atom. The van der Waals surface area contributed by atoms with Crippen molar-refractivity contribution in [1.82, 2.24) is 35.1 Å². The Kier molecular flexibility index (Phi) is 17.8. The number of hydrazine groups is 1. The van der Waals surface area contributed by atoms with Gasteiger partial charge in [0, 0.05) is 82.0 Å². The summed E-state index contributed by atoms with van der Waals surface area (Å²) in [7, 11) is 5.36. The van der Waals surface area contributed by atoms with Crippen LogP contribution in [0.5, 0.6) is 0 Å². The van der Waals surface area contributed by atoms with Crippen LogP contribution in [-0.4, -0.2) is 121 Å². The molecule has 2 fully saturated rings. The summed E-state index contributed by atoms with van der Waals surface area (Å²) in [6, 6.07) is 16.7. The van der Waals surface area contributed by atoms with Crippen LogP contribution < -0.4 is 10.7 Å². The first-order chi connectivity index (χ1) is 31.1. The minimum absolute atomic E-state index is 0.220. The molecule has 14 heteroatoms. The van der Waals surface area contributed by atoms with Crippen LogP contribution in [0.15, 0.2) is 73.4 Å². The number of methoxy groups -OCH3 is 1. The van der Waals surface area contributed by atoms with Gasteiger partial charge in [0.15, 0.2) is 0 Å². The summed E-state index contributed by atoms with van der Waals surface area (Å²) in [5.41, 5.74) is 10.6. The summed E-state index contributed by atoms with van der Waals surface area (Å²) in [6.45, 7) is 19.9. The van der Waals surface area contributed by atoms with E-state index < -0.39 is 23.9 Å². The Hall–Kier alpha value is -5.70. The van der Waals surface area contributed by atoms with Gasteiger partial charge in [-0.3, -0.25) is 29.6 Å². The number of amides is 3. The second-order valence-corrected chi connectivity index (χ2v) is 18.3. The highest BCUT2D eigenvalue weighted by Gasteiger charge is 2.40. The lowest BCUT2D eigenvalue weighted by atomic mass is 9.84. The number of aldehydes is 1. The van der Waals surface area contributed by atoms with Gasteiger partial charge in [-0.2, -0.15) is 0 Å². The van der Waals surface area contributed by atoms with Crippen LogP contribution in [-0.2, 0) is 52.8 Å². The van der Waals surface area contributed by atoms with Gasteiger partial charge in [-0.25, -0.2) is 5.01 Å². The van der Waals surface area contributed by atoms with Crippen LogP contribution in [0.3, 0.4) is 0 Å². The molecule has 3 atom stereocenters. The van der Waals surface area contributed by atoms with Crippen molar-refractivity contribution in [2.45, 2.75) is 92.0 Å². The highest BCUT2D eigenvalue weighted by atomic mass is 16.5. The van der Waals surface area contributed by atoms with E-state index in [2.05, 4.69) is 79.0 Å². The van der Waals surface area contributed by atoms with Gasteiger partial charge < -0.3 is 34.0 Å². The van der Waals surface area contributed by atoms with Crippen LogP contribution in [0.2, 0.25) is 0 Å². The molecule has 0 aliphatic carbocycles. The zero-order valence-corrected chi connectivity index (χ0v) is 39.8. The van der Waals surface area contributed by atoms with Crippen molar-refractivity contribution in [3.05, 3.63) is 90.3 Å². The largest absolute Gasteiger partial charge is 0.467 e. The van der Waals surface area contributed by atoms with E-state index in [9.17, 15) is 24.0 Å². The molecule has 0 spiro atoms. The molecule has 0 saturated carbocycles. The molecule has 0 bridgehead atoms. The fourth-order valence-corrected chi connectivity index (χ4v) is 8.91. The lowest BCUT2D eigenvalue weighted by Gasteiger charge is -2.41. The first-order valence-corrected chi connectivity index (χ1v) is 22.7. The van der Waals surface area contributed by atoms with E-state index in [1.165, 1.54) is 35.3 Å². The molecule has 2 saturated heterocycles. The van der Waals surface area contributed by atoms with Gasteiger partial charge in [-0.05, 0) is 98.0 Å². The Bertz CT molecular complexity index is 2290. The van der Waals surface area contributed by atoms with Crippen molar-refractivity contribution in [1.29, 1.82) is 0 Å². The Balaban J connectivity index is 0.00000103. The molecule has 2 N–H and O–H groups in total. The maximum atomic E-state index is 13.7. The number of rotatable bonds is 19. The third kappa shape index (κ3) is 12.4. The molecule has 2 aliphatic heterocycles. The van der Waals surface area contributed by atoms with Crippen LogP contribution >= 0.6 is 0 Å². The number of fused-ring (bicyclic) bond motifs is 1. The van der Waals surface area contributed by atoms with Crippen LogP contribution in [0.25, 0.3) is 33.3 Å². The number of aromatic nitrogens is 2. The van der Waals surface area contributed by atoms with Crippen LogP contribution in [0.4, 0.5) is 0 Å². The zero-order valence-electron chi connectivity index (χ0n) is 39.8. The number of carbonyl (C=O) groups excluding carboxylic acids is 5. The molecular formula is C51H69N7O7. The number of hydrogen-bond donors (Lipinski definition) is 2. The second-order valence-electron chi connectivity index (χ2n) is 18.3. The summed E-state index contributed by atoms with van der Waals surface area (Å²) in [5.74, 6) is -1.49. The maximum Gasteiger partial charge on any atom is 0.293 e. The number of nitrogens with one attached hydrogen (secondary N) is 2. The van der Waals surface area contributed by atoms with E-state index in [-0.39, 0.29) is 55.4 Å². The Morgan fingerprint density at radius 1 is 1.05 bits per heavy atom. The predicted molar refractivity (Wildman–Crippen MR) is 254 cm³/mol. The van der Waals surface area contributed by atoms with Crippen molar-refractivity contribution in [3.8, 4) is 22.4 Å².